The number of rotatable bonds is 3. The van der Waals surface area contributed by atoms with Crippen LogP contribution in [0.25, 0.3) is 0 Å². The fourth-order valence-electron chi connectivity index (χ4n) is 1.08. The Morgan fingerprint density at radius 2 is 2.20 bits per heavy atom. The van der Waals surface area contributed by atoms with Crippen LogP contribution in [-0.2, 0) is 4.79 Å². The van der Waals surface area contributed by atoms with Crippen LogP contribution in [0.3, 0.4) is 0 Å². The molecule has 15 heavy (non-hydrogen) atoms. The van der Waals surface area contributed by atoms with Gasteiger partial charge in [-0.1, -0.05) is 0 Å². The molecule has 1 aromatic rings. The predicted octanol–water partition coefficient (Wildman–Crippen LogP) is 0.624. The van der Waals surface area contributed by atoms with Crippen molar-refractivity contribution in [2.45, 2.75) is 6.04 Å². The molecule has 0 aliphatic heterocycles. The van der Waals surface area contributed by atoms with E-state index in [1.165, 1.54) is 7.11 Å². The average molecular weight is 215 g/mol. The van der Waals surface area contributed by atoms with Crippen LogP contribution in [0, 0.1) is 5.82 Å². The van der Waals surface area contributed by atoms with Gasteiger partial charge in [-0.2, -0.15) is 0 Å². The Morgan fingerprint density at radius 1 is 1.60 bits per heavy atom. The lowest BCUT2D eigenvalue weighted by atomic mass is 10.1. The molecule has 0 fully saturated rings. The number of carboxylic acids is 1. The van der Waals surface area contributed by atoms with Gasteiger partial charge in [-0.05, 0) is 6.07 Å². The summed E-state index contributed by atoms with van der Waals surface area (Å²) in [6.07, 6.45) is 0. The molecular weight excluding hydrogens is 205 g/mol. The number of hydrogen-bond acceptors (Lipinski definition) is 4. The highest BCUT2D eigenvalue weighted by atomic mass is 19.1. The second-order valence-electron chi connectivity index (χ2n) is 2.87. The highest BCUT2D eigenvalue weighted by Gasteiger charge is 2.21. The van der Waals surface area contributed by atoms with Gasteiger partial charge in [-0.25, -0.2) is 4.39 Å². The third-order valence-electron chi connectivity index (χ3n) is 1.89. The van der Waals surface area contributed by atoms with E-state index in [0.29, 0.717) is 0 Å². The largest absolute Gasteiger partial charge is 0.505 e. The molecule has 82 valence electrons. The van der Waals surface area contributed by atoms with Crippen LogP contribution < -0.4 is 10.5 Å². The summed E-state index contributed by atoms with van der Waals surface area (Å²) in [5.74, 6) is -2.99. The number of halogens is 1. The van der Waals surface area contributed by atoms with E-state index in [0.717, 1.165) is 12.1 Å². The number of methoxy groups -OCH3 is 1. The first-order valence-corrected chi connectivity index (χ1v) is 4.02. The Labute approximate surface area is 84.9 Å². The van der Waals surface area contributed by atoms with Crippen molar-refractivity contribution in [3.05, 3.63) is 23.5 Å². The fraction of sp³-hybridized carbons (Fsp3) is 0.222. The molecule has 1 rings (SSSR count). The first-order chi connectivity index (χ1) is 6.97. The fourth-order valence-corrected chi connectivity index (χ4v) is 1.08. The molecular formula is C9H10FNO4. The summed E-state index contributed by atoms with van der Waals surface area (Å²) in [5.41, 5.74) is 4.90. The van der Waals surface area contributed by atoms with Gasteiger partial charge in [0.1, 0.15) is 11.8 Å². The number of phenols is 1. The number of carbonyl (C=O) groups is 1. The normalized spacial score (nSPS) is 12.2. The average Bonchev–Trinajstić information content (AvgIpc) is 2.20. The van der Waals surface area contributed by atoms with E-state index in [1.54, 1.807) is 0 Å². The van der Waals surface area contributed by atoms with Crippen molar-refractivity contribution in [1.29, 1.82) is 0 Å². The summed E-state index contributed by atoms with van der Waals surface area (Å²) >= 11 is 0. The van der Waals surface area contributed by atoms with Crippen LogP contribution in [0.4, 0.5) is 4.39 Å². The molecule has 0 aromatic heterocycles. The molecule has 1 atom stereocenters. The number of hydrogen-bond donors (Lipinski definition) is 3. The number of phenolic OH excluding ortho intramolecular Hbond substituents is 1. The maximum absolute atomic E-state index is 13.3. The van der Waals surface area contributed by atoms with Gasteiger partial charge in [0.25, 0.3) is 0 Å². The highest BCUT2D eigenvalue weighted by molar-refractivity contribution is 5.75. The maximum Gasteiger partial charge on any atom is 0.325 e. The van der Waals surface area contributed by atoms with E-state index in [9.17, 15) is 9.18 Å². The van der Waals surface area contributed by atoms with Gasteiger partial charge < -0.3 is 20.7 Å². The summed E-state index contributed by atoms with van der Waals surface area (Å²) in [6.45, 7) is 0. The van der Waals surface area contributed by atoms with Gasteiger partial charge in [0.2, 0.25) is 0 Å². The van der Waals surface area contributed by atoms with E-state index in [-0.39, 0.29) is 11.3 Å². The van der Waals surface area contributed by atoms with Crippen molar-refractivity contribution in [2.75, 3.05) is 7.11 Å². The quantitative estimate of drug-likeness (QED) is 0.687. The van der Waals surface area contributed by atoms with Crippen molar-refractivity contribution in [3.8, 4) is 11.5 Å². The summed E-state index contributed by atoms with van der Waals surface area (Å²) < 4.78 is 18.0. The Bertz CT molecular complexity index is 394. The zero-order valence-corrected chi connectivity index (χ0v) is 7.90. The summed E-state index contributed by atoms with van der Waals surface area (Å²) in [7, 11) is 1.31. The summed E-state index contributed by atoms with van der Waals surface area (Å²) in [6, 6.07) is 0.632. The van der Waals surface area contributed by atoms with Gasteiger partial charge in [0.15, 0.2) is 11.6 Å². The first kappa shape index (κ1) is 11.3. The SMILES string of the molecule is COc1cc(O)c(F)c(C(N)C(=O)O)c1. The Hall–Kier alpha value is -1.82. The molecule has 0 amide bonds. The number of carboxylic acid groups (broad SMARTS) is 1. The second-order valence-corrected chi connectivity index (χ2v) is 2.87. The number of aliphatic carboxylic acids is 1. The summed E-state index contributed by atoms with van der Waals surface area (Å²) in [5, 5.41) is 17.7. The number of ether oxygens (including phenoxy) is 1. The van der Waals surface area contributed by atoms with Crippen molar-refractivity contribution >= 4 is 5.97 Å². The lowest BCUT2D eigenvalue weighted by Gasteiger charge is -2.11. The molecule has 0 aliphatic rings. The highest BCUT2D eigenvalue weighted by Crippen LogP contribution is 2.29. The molecule has 0 saturated carbocycles. The van der Waals surface area contributed by atoms with Crippen molar-refractivity contribution in [3.63, 3.8) is 0 Å². The molecule has 0 radical (unpaired) electrons. The number of aromatic hydroxyl groups is 1. The van der Waals surface area contributed by atoms with E-state index in [1.807, 2.05) is 0 Å². The molecule has 1 aromatic carbocycles. The minimum absolute atomic E-state index is 0.139. The molecule has 0 aliphatic carbocycles. The monoisotopic (exact) mass is 215 g/mol. The Morgan fingerprint density at radius 3 is 2.67 bits per heavy atom. The van der Waals surface area contributed by atoms with Gasteiger partial charge in [0, 0.05) is 11.6 Å². The molecule has 4 N–H and O–H groups in total. The first-order valence-electron chi connectivity index (χ1n) is 4.02. The second kappa shape index (κ2) is 4.14. The molecule has 6 heteroatoms. The minimum Gasteiger partial charge on any atom is -0.505 e. The van der Waals surface area contributed by atoms with Crippen LogP contribution in [0.15, 0.2) is 12.1 Å². The summed E-state index contributed by atoms with van der Waals surface area (Å²) in [4.78, 5) is 10.5. The smallest absolute Gasteiger partial charge is 0.325 e. The lowest BCUT2D eigenvalue weighted by Crippen LogP contribution is -2.21. The molecule has 0 bridgehead atoms. The van der Waals surface area contributed by atoms with Crippen molar-refractivity contribution in [1.82, 2.24) is 0 Å². The van der Waals surface area contributed by atoms with Gasteiger partial charge in [-0.15, -0.1) is 0 Å². The van der Waals surface area contributed by atoms with Gasteiger partial charge >= 0.3 is 5.97 Å². The lowest BCUT2D eigenvalue weighted by molar-refractivity contribution is -0.138. The van der Waals surface area contributed by atoms with Crippen molar-refractivity contribution in [2.24, 2.45) is 5.73 Å². The topological polar surface area (TPSA) is 92.8 Å². The molecule has 1 unspecified atom stereocenters. The maximum atomic E-state index is 13.3. The van der Waals surface area contributed by atoms with Crippen LogP contribution in [-0.4, -0.2) is 23.3 Å². The van der Waals surface area contributed by atoms with Crippen LogP contribution in [0.1, 0.15) is 11.6 Å². The predicted molar refractivity (Wildman–Crippen MR) is 49.2 cm³/mol. The number of benzene rings is 1. The zero-order valence-electron chi connectivity index (χ0n) is 7.90. The van der Waals surface area contributed by atoms with Gasteiger partial charge in [-0.3, -0.25) is 4.79 Å². The standard InChI is InChI=1S/C9H10FNO4/c1-15-4-2-5(8(11)9(13)14)7(10)6(12)3-4/h2-3,8,12H,11H2,1H3,(H,13,14). The molecule has 0 heterocycles. The van der Waals surface area contributed by atoms with E-state index in [4.69, 9.17) is 20.7 Å². The molecule has 0 saturated heterocycles. The molecule has 5 nitrogen and oxygen atoms in total. The van der Waals surface area contributed by atoms with E-state index >= 15 is 0 Å². The van der Waals surface area contributed by atoms with Crippen molar-refractivity contribution < 1.29 is 24.1 Å². The van der Waals surface area contributed by atoms with Crippen LogP contribution >= 0.6 is 0 Å². The third-order valence-corrected chi connectivity index (χ3v) is 1.89. The third kappa shape index (κ3) is 2.16. The minimum atomic E-state index is -1.54. The number of nitrogens with two attached hydrogens (primary N) is 1. The molecule has 0 spiro atoms. The van der Waals surface area contributed by atoms with E-state index < -0.39 is 23.6 Å². The van der Waals surface area contributed by atoms with E-state index in [2.05, 4.69) is 0 Å². The Balaban J connectivity index is 3.27. The van der Waals surface area contributed by atoms with Crippen LogP contribution in [0.2, 0.25) is 0 Å². The van der Waals surface area contributed by atoms with Gasteiger partial charge in [0.05, 0.1) is 7.11 Å². The zero-order chi connectivity index (χ0) is 11.6. The van der Waals surface area contributed by atoms with Crippen LogP contribution in [0.5, 0.6) is 11.5 Å². The Kier molecular flexibility index (Phi) is 3.11.